The molecular formula is C35H38ClN3O4S. The summed E-state index contributed by atoms with van der Waals surface area (Å²) in [5.74, 6) is -0.849. The van der Waals surface area contributed by atoms with Gasteiger partial charge in [0.1, 0.15) is 12.6 Å². The molecule has 230 valence electrons. The molecule has 0 unspecified atom stereocenters. The largest absolute Gasteiger partial charge is 0.350 e. The number of anilines is 1. The molecular weight excluding hydrogens is 594 g/mol. The van der Waals surface area contributed by atoms with Crippen LogP contribution in [0, 0.1) is 6.92 Å². The molecule has 4 aromatic carbocycles. The zero-order valence-electron chi connectivity index (χ0n) is 25.4. The van der Waals surface area contributed by atoms with Gasteiger partial charge < -0.3 is 10.2 Å². The summed E-state index contributed by atoms with van der Waals surface area (Å²) >= 11 is 6.22. The predicted octanol–water partition coefficient (Wildman–Crippen LogP) is 6.40. The summed E-state index contributed by atoms with van der Waals surface area (Å²) in [6.07, 6.45) is 0.243. The normalized spacial score (nSPS) is 12.3. The van der Waals surface area contributed by atoms with Crippen LogP contribution in [0.3, 0.4) is 0 Å². The summed E-state index contributed by atoms with van der Waals surface area (Å²) in [5.41, 5.74) is 2.03. The van der Waals surface area contributed by atoms with Crippen molar-refractivity contribution in [3.05, 3.63) is 131 Å². The van der Waals surface area contributed by atoms with Gasteiger partial charge in [0.05, 0.1) is 10.6 Å². The average Bonchev–Trinajstić information content (AvgIpc) is 2.98. The Bertz CT molecular complexity index is 1680. The molecule has 0 spiro atoms. The number of nitrogens with one attached hydrogen (secondary N) is 1. The number of benzene rings is 4. The molecule has 0 radical (unpaired) electrons. The third-order valence-corrected chi connectivity index (χ3v) is 9.01. The second-order valence-electron chi connectivity index (χ2n) is 11.7. The molecule has 0 saturated heterocycles. The minimum Gasteiger partial charge on any atom is -0.350 e. The third kappa shape index (κ3) is 8.49. The standard InChI is InChI=1S/C35H38ClN3O4S/c1-26-22-29(36)20-21-31(26)39(44(42,43)30-18-12-7-13-19-30)25-33(40)38(24-28-16-10-6-11-17-28)32(34(41)37-35(2,3)4)23-27-14-8-5-9-15-27/h5-22,32H,23-25H2,1-4H3,(H,37,41)/t32-/m1/s1. The van der Waals surface area contributed by atoms with E-state index in [4.69, 9.17) is 11.6 Å². The Balaban J connectivity index is 1.82. The fourth-order valence-electron chi connectivity index (χ4n) is 4.92. The van der Waals surface area contributed by atoms with Gasteiger partial charge >= 0.3 is 0 Å². The van der Waals surface area contributed by atoms with E-state index in [9.17, 15) is 18.0 Å². The van der Waals surface area contributed by atoms with Gasteiger partial charge in [0.2, 0.25) is 11.8 Å². The Morgan fingerprint density at radius 1 is 0.818 bits per heavy atom. The number of sulfonamides is 1. The second kappa shape index (κ2) is 14.1. The van der Waals surface area contributed by atoms with Crippen molar-refractivity contribution in [1.82, 2.24) is 10.2 Å². The summed E-state index contributed by atoms with van der Waals surface area (Å²) in [6.45, 7) is 6.96. The van der Waals surface area contributed by atoms with E-state index in [1.807, 2.05) is 81.4 Å². The predicted molar refractivity (Wildman–Crippen MR) is 176 cm³/mol. The van der Waals surface area contributed by atoms with Crippen molar-refractivity contribution in [1.29, 1.82) is 0 Å². The number of halogens is 1. The van der Waals surface area contributed by atoms with E-state index in [0.29, 0.717) is 16.3 Å². The molecule has 0 bridgehead atoms. The van der Waals surface area contributed by atoms with Gasteiger partial charge in [-0.2, -0.15) is 0 Å². The monoisotopic (exact) mass is 631 g/mol. The summed E-state index contributed by atoms with van der Waals surface area (Å²) < 4.78 is 29.3. The minimum atomic E-state index is -4.18. The molecule has 7 nitrogen and oxygen atoms in total. The highest BCUT2D eigenvalue weighted by molar-refractivity contribution is 7.92. The maximum atomic E-state index is 14.5. The molecule has 2 amide bonds. The first kappa shape index (κ1) is 32.8. The summed E-state index contributed by atoms with van der Waals surface area (Å²) in [4.78, 5) is 29.9. The highest BCUT2D eigenvalue weighted by atomic mass is 35.5. The second-order valence-corrected chi connectivity index (χ2v) is 14.0. The topological polar surface area (TPSA) is 86.8 Å². The number of hydrogen-bond acceptors (Lipinski definition) is 4. The fourth-order valence-corrected chi connectivity index (χ4v) is 6.65. The van der Waals surface area contributed by atoms with Crippen LogP contribution in [0.1, 0.15) is 37.5 Å². The van der Waals surface area contributed by atoms with Crippen molar-refractivity contribution in [2.45, 2.75) is 57.1 Å². The molecule has 4 rings (SSSR count). The van der Waals surface area contributed by atoms with Gasteiger partial charge in [-0.1, -0.05) is 90.5 Å². The van der Waals surface area contributed by atoms with E-state index in [1.165, 1.54) is 17.0 Å². The lowest BCUT2D eigenvalue weighted by Crippen LogP contribution is -2.56. The third-order valence-electron chi connectivity index (χ3n) is 7.00. The molecule has 1 N–H and O–H groups in total. The SMILES string of the molecule is Cc1cc(Cl)ccc1N(CC(=O)N(Cc1ccccc1)[C@H](Cc1ccccc1)C(=O)NC(C)(C)C)S(=O)(=O)c1ccccc1. The van der Waals surface area contributed by atoms with Crippen LogP contribution in [-0.2, 0) is 32.6 Å². The first-order valence-electron chi connectivity index (χ1n) is 14.4. The zero-order valence-corrected chi connectivity index (χ0v) is 27.0. The first-order valence-corrected chi connectivity index (χ1v) is 16.2. The van der Waals surface area contributed by atoms with E-state index < -0.39 is 34.1 Å². The Morgan fingerprint density at radius 3 is 1.91 bits per heavy atom. The van der Waals surface area contributed by atoms with Gasteiger partial charge in [-0.25, -0.2) is 8.42 Å². The first-order chi connectivity index (χ1) is 20.8. The van der Waals surface area contributed by atoms with Crippen LogP contribution in [0.5, 0.6) is 0 Å². The fraction of sp³-hybridized carbons (Fsp3) is 0.257. The molecule has 0 saturated carbocycles. The van der Waals surface area contributed by atoms with Crippen LogP contribution in [0.15, 0.2) is 114 Å². The van der Waals surface area contributed by atoms with E-state index in [2.05, 4.69) is 5.32 Å². The van der Waals surface area contributed by atoms with Crippen molar-refractivity contribution in [2.75, 3.05) is 10.8 Å². The van der Waals surface area contributed by atoms with Crippen LogP contribution >= 0.6 is 11.6 Å². The highest BCUT2D eigenvalue weighted by Gasteiger charge is 2.36. The number of nitrogens with zero attached hydrogens (tertiary/aromatic N) is 2. The molecule has 0 aliphatic carbocycles. The van der Waals surface area contributed by atoms with Crippen molar-refractivity contribution in [3.63, 3.8) is 0 Å². The smallest absolute Gasteiger partial charge is 0.264 e. The lowest BCUT2D eigenvalue weighted by Gasteiger charge is -2.35. The lowest BCUT2D eigenvalue weighted by molar-refractivity contribution is -0.140. The molecule has 0 aliphatic rings. The number of carbonyl (C=O) groups excluding carboxylic acids is 2. The number of aryl methyl sites for hydroxylation is 1. The molecule has 1 atom stereocenters. The number of carbonyl (C=O) groups is 2. The van der Waals surface area contributed by atoms with Gasteiger partial charge in [-0.05, 0) is 74.7 Å². The van der Waals surface area contributed by atoms with Crippen LogP contribution in [0.2, 0.25) is 5.02 Å². The van der Waals surface area contributed by atoms with Crippen LogP contribution in [-0.4, -0.2) is 43.3 Å². The van der Waals surface area contributed by atoms with Gasteiger partial charge in [0.15, 0.2) is 0 Å². The van der Waals surface area contributed by atoms with Crippen LogP contribution in [0.25, 0.3) is 0 Å². The maximum Gasteiger partial charge on any atom is 0.264 e. The van der Waals surface area contributed by atoms with Crippen molar-refractivity contribution in [2.24, 2.45) is 0 Å². The maximum absolute atomic E-state index is 14.5. The quantitative estimate of drug-likeness (QED) is 0.208. The van der Waals surface area contributed by atoms with Crippen molar-refractivity contribution < 1.29 is 18.0 Å². The van der Waals surface area contributed by atoms with E-state index in [1.54, 1.807) is 43.3 Å². The zero-order chi connectivity index (χ0) is 31.9. The molecule has 4 aromatic rings. The Labute approximate surface area is 265 Å². The van der Waals surface area contributed by atoms with Gasteiger partial charge in [-0.15, -0.1) is 0 Å². The Kier molecular flexibility index (Phi) is 10.5. The molecule has 44 heavy (non-hydrogen) atoms. The Hall–Kier alpha value is -4.14. The van der Waals surface area contributed by atoms with Crippen molar-refractivity contribution >= 4 is 39.1 Å². The average molecular weight is 632 g/mol. The number of rotatable bonds is 11. The molecule has 9 heteroatoms. The summed E-state index contributed by atoms with van der Waals surface area (Å²) in [7, 11) is -4.18. The Morgan fingerprint density at radius 2 is 1.36 bits per heavy atom. The summed E-state index contributed by atoms with van der Waals surface area (Å²) in [5, 5.41) is 3.48. The molecule has 0 heterocycles. The van der Waals surface area contributed by atoms with Gasteiger partial charge in [-0.3, -0.25) is 13.9 Å². The summed E-state index contributed by atoms with van der Waals surface area (Å²) in [6, 6.07) is 30.8. The van der Waals surface area contributed by atoms with E-state index in [0.717, 1.165) is 15.4 Å². The van der Waals surface area contributed by atoms with Crippen LogP contribution < -0.4 is 9.62 Å². The molecule has 0 fully saturated rings. The van der Waals surface area contributed by atoms with E-state index in [-0.39, 0.29) is 23.8 Å². The van der Waals surface area contributed by atoms with Gasteiger partial charge in [0, 0.05) is 23.5 Å². The highest BCUT2D eigenvalue weighted by Crippen LogP contribution is 2.29. The number of hydrogen-bond donors (Lipinski definition) is 1. The van der Waals surface area contributed by atoms with Gasteiger partial charge in [0.25, 0.3) is 10.0 Å². The molecule has 0 aromatic heterocycles. The van der Waals surface area contributed by atoms with Crippen molar-refractivity contribution in [3.8, 4) is 0 Å². The van der Waals surface area contributed by atoms with Crippen LogP contribution in [0.4, 0.5) is 5.69 Å². The lowest BCUT2D eigenvalue weighted by atomic mass is 10.0. The minimum absolute atomic E-state index is 0.0445. The molecule has 0 aliphatic heterocycles. The van der Waals surface area contributed by atoms with E-state index >= 15 is 0 Å². The number of amides is 2.